The Hall–Kier alpha value is -3.12. The van der Waals surface area contributed by atoms with Gasteiger partial charge in [0, 0.05) is 50.7 Å². The van der Waals surface area contributed by atoms with Crippen LogP contribution in [0.3, 0.4) is 0 Å². The predicted octanol–water partition coefficient (Wildman–Crippen LogP) is 3.55. The molecule has 0 spiro atoms. The summed E-state index contributed by atoms with van der Waals surface area (Å²) in [5, 5.41) is 19.8. The standard InChI is InChI=1S/C34H50FN3O7/c1-24(6-8-33(25(2)5-7-31(42)9-15-39)45-34(43)37-12-10-36(4)11-13-37)32(22-41)26(3)17-27-18-28(35)20-29(19-27)38-14-16-44-23-30(38)21-40/h6,8,15,17-20,22,24-25,30-33,40,42H,5,7,9-14,16,21,23H2,1-4H3/b8-6+,26-17+/t24-,25-,30-,31+,32-,33-/m0/s1. The molecule has 0 aromatic heterocycles. The average Bonchev–Trinajstić information content (AvgIpc) is 3.02. The smallest absolute Gasteiger partial charge is 0.410 e. The van der Waals surface area contributed by atoms with Crippen molar-refractivity contribution in [1.82, 2.24) is 9.80 Å². The van der Waals surface area contributed by atoms with Crippen LogP contribution in [-0.4, -0.2) is 117 Å². The van der Waals surface area contributed by atoms with Gasteiger partial charge in [-0.05, 0) is 68.5 Å². The van der Waals surface area contributed by atoms with Crippen molar-refractivity contribution in [3.8, 4) is 0 Å². The van der Waals surface area contributed by atoms with E-state index in [0.29, 0.717) is 63.2 Å². The second-order valence-corrected chi connectivity index (χ2v) is 12.4. The Morgan fingerprint density at radius 3 is 2.51 bits per heavy atom. The molecular weight excluding hydrogens is 581 g/mol. The quantitative estimate of drug-likeness (QED) is 0.221. The van der Waals surface area contributed by atoms with Gasteiger partial charge in [-0.2, -0.15) is 0 Å². The summed E-state index contributed by atoms with van der Waals surface area (Å²) >= 11 is 0. The fourth-order valence-corrected chi connectivity index (χ4v) is 5.77. The summed E-state index contributed by atoms with van der Waals surface area (Å²) in [5.74, 6) is -1.34. The number of halogens is 1. The summed E-state index contributed by atoms with van der Waals surface area (Å²) in [6, 6.07) is 4.43. The second kappa shape index (κ2) is 18.1. The van der Waals surface area contributed by atoms with Crippen LogP contribution in [0.4, 0.5) is 14.9 Å². The van der Waals surface area contributed by atoms with Crippen molar-refractivity contribution in [2.24, 2.45) is 17.8 Å². The molecule has 10 nitrogen and oxygen atoms in total. The molecule has 2 aliphatic rings. The van der Waals surface area contributed by atoms with Crippen molar-refractivity contribution in [3.63, 3.8) is 0 Å². The molecule has 0 saturated carbocycles. The zero-order chi connectivity index (χ0) is 32.9. The molecule has 1 amide bonds. The largest absolute Gasteiger partial charge is 0.442 e. The lowest BCUT2D eigenvalue weighted by Crippen LogP contribution is -2.48. The Labute approximate surface area is 266 Å². The third-order valence-electron chi connectivity index (χ3n) is 8.80. The lowest BCUT2D eigenvalue weighted by atomic mass is 9.86. The van der Waals surface area contributed by atoms with E-state index in [4.69, 9.17) is 9.47 Å². The van der Waals surface area contributed by atoms with E-state index in [1.165, 1.54) is 12.1 Å². The first-order valence-corrected chi connectivity index (χ1v) is 15.9. The highest BCUT2D eigenvalue weighted by atomic mass is 19.1. The van der Waals surface area contributed by atoms with Crippen molar-refractivity contribution in [2.45, 2.75) is 58.3 Å². The Morgan fingerprint density at radius 1 is 1.11 bits per heavy atom. The number of aldehydes is 2. The van der Waals surface area contributed by atoms with E-state index >= 15 is 0 Å². The van der Waals surface area contributed by atoms with Gasteiger partial charge in [-0.1, -0.05) is 31.6 Å². The number of aliphatic hydroxyl groups excluding tert-OH is 2. The van der Waals surface area contributed by atoms with Crippen LogP contribution in [0.1, 0.15) is 45.6 Å². The van der Waals surface area contributed by atoms with Crippen LogP contribution < -0.4 is 4.90 Å². The molecule has 3 rings (SSSR count). The topological polar surface area (TPSA) is 120 Å². The van der Waals surface area contributed by atoms with Gasteiger partial charge in [-0.15, -0.1) is 0 Å². The van der Waals surface area contributed by atoms with Crippen molar-refractivity contribution in [2.75, 3.05) is 64.5 Å². The number of ether oxygens (including phenoxy) is 2. The summed E-state index contributed by atoms with van der Waals surface area (Å²) in [5.41, 5.74) is 2.00. The fraction of sp³-hybridized carbons (Fsp3) is 0.618. The van der Waals surface area contributed by atoms with E-state index in [-0.39, 0.29) is 30.9 Å². The van der Waals surface area contributed by atoms with Gasteiger partial charge < -0.3 is 44.0 Å². The molecule has 2 saturated heterocycles. The summed E-state index contributed by atoms with van der Waals surface area (Å²) in [7, 11) is 2.01. The summed E-state index contributed by atoms with van der Waals surface area (Å²) in [6.45, 7) is 9.59. The number of morpholine rings is 1. The minimum Gasteiger partial charge on any atom is -0.442 e. The highest BCUT2D eigenvalue weighted by Crippen LogP contribution is 2.28. The van der Waals surface area contributed by atoms with Crippen LogP contribution in [-0.2, 0) is 19.1 Å². The van der Waals surface area contributed by atoms with Gasteiger partial charge in [0.1, 0.15) is 24.5 Å². The molecule has 45 heavy (non-hydrogen) atoms. The number of rotatable bonds is 15. The minimum absolute atomic E-state index is 0.0548. The van der Waals surface area contributed by atoms with Gasteiger partial charge in [0.2, 0.25) is 0 Å². The van der Waals surface area contributed by atoms with E-state index < -0.39 is 30.0 Å². The van der Waals surface area contributed by atoms with Crippen LogP contribution in [0.5, 0.6) is 0 Å². The lowest BCUT2D eigenvalue weighted by molar-refractivity contribution is -0.111. The maximum atomic E-state index is 14.7. The molecule has 250 valence electrons. The molecule has 0 unspecified atom stereocenters. The zero-order valence-corrected chi connectivity index (χ0v) is 27.0. The third kappa shape index (κ3) is 11.0. The number of amides is 1. The van der Waals surface area contributed by atoms with E-state index in [9.17, 15) is 29.0 Å². The van der Waals surface area contributed by atoms with Crippen molar-refractivity contribution in [1.29, 1.82) is 0 Å². The van der Waals surface area contributed by atoms with Crippen LogP contribution in [0.2, 0.25) is 0 Å². The monoisotopic (exact) mass is 631 g/mol. The Morgan fingerprint density at radius 2 is 1.84 bits per heavy atom. The van der Waals surface area contributed by atoms with Gasteiger partial charge in [-0.3, -0.25) is 0 Å². The molecule has 11 heteroatoms. The molecule has 0 aliphatic carbocycles. The number of aliphatic hydroxyl groups is 2. The number of allylic oxidation sites excluding steroid dienone is 2. The molecule has 1 aromatic carbocycles. The zero-order valence-electron chi connectivity index (χ0n) is 27.0. The third-order valence-corrected chi connectivity index (χ3v) is 8.80. The summed E-state index contributed by atoms with van der Waals surface area (Å²) < 4.78 is 26.1. The lowest BCUT2D eigenvalue weighted by Gasteiger charge is -2.36. The molecule has 0 bridgehead atoms. The first-order chi connectivity index (χ1) is 21.6. The summed E-state index contributed by atoms with van der Waals surface area (Å²) in [6.07, 6.45) is 6.27. The maximum Gasteiger partial charge on any atom is 0.410 e. The van der Waals surface area contributed by atoms with Gasteiger partial charge in [0.25, 0.3) is 0 Å². The Bertz CT molecular complexity index is 1170. The molecule has 0 radical (unpaired) electrons. The SMILES string of the molecule is C/C(=C\c1cc(F)cc(N2CCOC[C@@H]2CO)c1)[C@@H](C=O)[C@@H](C)/C=C/[C@H](OC(=O)N1CCN(C)CC1)[C@@H](C)CC[C@@H](O)CC=O. The number of hydrogen-bond donors (Lipinski definition) is 2. The van der Waals surface area contributed by atoms with E-state index in [0.717, 1.165) is 24.9 Å². The van der Waals surface area contributed by atoms with Gasteiger partial charge in [0.15, 0.2) is 0 Å². The number of carbonyl (C=O) groups excluding carboxylic acids is 3. The van der Waals surface area contributed by atoms with Crippen molar-refractivity contribution < 1.29 is 38.5 Å². The highest BCUT2D eigenvalue weighted by Gasteiger charge is 2.27. The number of nitrogens with zero attached hydrogens (tertiary/aromatic N) is 3. The number of likely N-dealkylation sites (N-methyl/N-ethyl adjacent to an activating group) is 1. The maximum absolute atomic E-state index is 14.7. The number of hydrogen-bond acceptors (Lipinski definition) is 9. The summed E-state index contributed by atoms with van der Waals surface area (Å²) in [4.78, 5) is 41.9. The van der Waals surface area contributed by atoms with Gasteiger partial charge in [-0.25, -0.2) is 9.18 Å². The number of piperazine rings is 1. The van der Waals surface area contributed by atoms with Crippen LogP contribution in [0.15, 0.2) is 35.9 Å². The average molecular weight is 632 g/mol. The predicted molar refractivity (Wildman–Crippen MR) is 171 cm³/mol. The van der Waals surface area contributed by atoms with Crippen molar-refractivity contribution >= 4 is 30.4 Å². The number of anilines is 1. The first kappa shape index (κ1) is 36.3. The molecule has 2 N–H and O–H groups in total. The molecule has 2 aliphatic heterocycles. The molecule has 1 aromatic rings. The van der Waals surface area contributed by atoms with Gasteiger partial charge in [0.05, 0.1) is 32.0 Å². The molecule has 2 heterocycles. The van der Waals surface area contributed by atoms with E-state index in [1.807, 2.05) is 50.9 Å². The number of benzene rings is 1. The Kier molecular flexibility index (Phi) is 14.6. The second-order valence-electron chi connectivity index (χ2n) is 12.4. The van der Waals surface area contributed by atoms with Crippen LogP contribution in [0.25, 0.3) is 6.08 Å². The molecule has 6 atom stereocenters. The molecular formula is C34H50FN3O7. The number of carbonyl (C=O) groups is 3. The van der Waals surface area contributed by atoms with Crippen LogP contribution in [0, 0.1) is 23.6 Å². The first-order valence-electron chi connectivity index (χ1n) is 15.9. The van der Waals surface area contributed by atoms with E-state index in [1.54, 1.807) is 11.0 Å². The van der Waals surface area contributed by atoms with Crippen molar-refractivity contribution in [3.05, 3.63) is 47.3 Å². The Balaban J connectivity index is 1.77. The van der Waals surface area contributed by atoms with E-state index in [2.05, 4.69) is 4.90 Å². The van der Waals surface area contributed by atoms with Gasteiger partial charge >= 0.3 is 6.09 Å². The minimum atomic E-state index is -0.754. The highest BCUT2D eigenvalue weighted by molar-refractivity contribution is 5.69. The normalized spacial score (nSPS) is 21.7. The van der Waals surface area contributed by atoms with Crippen LogP contribution >= 0.6 is 0 Å². The molecule has 2 fully saturated rings. The fourth-order valence-electron chi connectivity index (χ4n) is 5.77.